The molecule has 0 saturated heterocycles. The zero-order valence-corrected chi connectivity index (χ0v) is 12.0. The average Bonchev–Trinajstić information content (AvgIpc) is 2.55. The van der Waals surface area contributed by atoms with Gasteiger partial charge in [-0.2, -0.15) is 5.26 Å². The van der Waals surface area contributed by atoms with Crippen LogP contribution in [0.3, 0.4) is 0 Å². The summed E-state index contributed by atoms with van der Waals surface area (Å²) in [6, 6.07) is 18.3. The first-order chi connectivity index (χ1) is 10.3. The van der Waals surface area contributed by atoms with Gasteiger partial charge in [0, 0.05) is 17.9 Å². The predicted octanol–water partition coefficient (Wildman–Crippen LogP) is 4.22. The Morgan fingerprint density at radius 1 is 1.24 bits per heavy atom. The van der Waals surface area contributed by atoms with Crippen molar-refractivity contribution in [2.75, 3.05) is 7.11 Å². The molecule has 0 amide bonds. The van der Waals surface area contributed by atoms with Gasteiger partial charge < -0.3 is 9.47 Å². The lowest BCUT2D eigenvalue weighted by atomic mass is 9.85. The normalized spacial score (nSPS) is 20.0. The minimum Gasteiger partial charge on any atom is -0.497 e. The molecule has 0 radical (unpaired) electrons. The van der Waals surface area contributed by atoms with E-state index in [2.05, 4.69) is 18.2 Å². The van der Waals surface area contributed by atoms with Crippen LogP contribution < -0.4 is 9.47 Å². The van der Waals surface area contributed by atoms with E-state index in [1.54, 1.807) is 7.11 Å². The quantitative estimate of drug-likeness (QED) is 0.845. The van der Waals surface area contributed by atoms with E-state index < -0.39 is 0 Å². The molecule has 106 valence electrons. The van der Waals surface area contributed by atoms with Crippen LogP contribution in [0.5, 0.6) is 11.5 Å². The molecule has 0 spiro atoms. The van der Waals surface area contributed by atoms with Gasteiger partial charge >= 0.3 is 0 Å². The molecule has 0 saturated carbocycles. The monoisotopic (exact) mass is 279 g/mol. The standard InChI is InChI=1S/C18H17NO2/c1-20-15-7-8-17-16(12-15)14(9-10-19)11-18(21-17)13-5-3-2-4-6-13/h2-8,12,14,18H,9,11H2,1H3. The van der Waals surface area contributed by atoms with E-state index in [-0.39, 0.29) is 12.0 Å². The molecule has 0 N–H and O–H groups in total. The molecule has 1 aliphatic heterocycles. The van der Waals surface area contributed by atoms with Gasteiger partial charge in [-0.05, 0) is 30.2 Å². The third-order valence-corrected chi connectivity index (χ3v) is 3.93. The number of fused-ring (bicyclic) bond motifs is 1. The predicted molar refractivity (Wildman–Crippen MR) is 80.4 cm³/mol. The molecule has 21 heavy (non-hydrogen) atoms. The Hall–Kier alpha value is -2.47. The SMILES string of the molecule is COc1ccc2c(c1)C(CC#N)CC(c1ccccc1)O2. The molecule has 0 fully saturated rings. The number of hydrogen-bond donors (Lipinski definition) is 0. The van der Waals surface area contributed by atoms with Gasteiger partial charge in [-0.3, -0.25) is 0 Å². The molecule has 2 atom stereocenters. The van der Waals surface area contributed by atoms with Crippen molar-refractivity contribution in [3.63, 3.8) is 0 Å². The maximum Gasteiger partial charge on any atom is 0.124 e. The Morgan fingerprint density at radius 3 is 2.76 bits per heavy atom. The zero-order chi connectivity index (χ0) is 14.7. The molecule has 0 aliphatic carbocycles. The van der Waals surface area contributed by atoms with Gasteiger partial charge in [-0.1, -0.05) is 30.3 Å². The fourth-order valence-corrected chi connectivity index (χ4v) is 2.84. The summed E-state index contributed by atoms with van der Waals surface area (Å²) in [5, 5.41) is 9.11. The van der Waals surface area contributed by atoms with E-state index in [1.807, 2.05) is 36.4 Å². The van der Waals surface area contributed by atoms with Gasteiger partial charge in [0.2, 0.25) is 0 Å². The maximum atomic E-state index is 9.11. The molecule has 2 unspecified atom stereocenters. The smallest absolute Gasteiger partial charge is 0.124 e. The molecule has 2 aromatic rings. The van der Waals surface area contributed by atoms with E-state index in [4.69, 9.17) is 14.7 Å². The highest BCUT2D eigenvalue weighted by molar-refractivity contribution is 5.45. The van der Waals surface area contributed by atoms with Crippen molar-refractivity contribution in [1.82, 2.24) is 0 Å². The average molecular weight is 279 g/mol. The van der Waals surface area contributed by atoms with E-state index in [1.165, 1.54) is 0 Å². The van der Waals surface area contributed by atoms with Crippen LogP contribution in [0.1, 0.15) is 36.0 Å². The van der Waals surface area contributed by atoms with E-state index >= 15 is 0 Å². The van der Waals surface area contributed by atoms with Crippen LogP contribution in [0.2, 0.25) is 0 Å². The zero-order valence-electron chi connectivity index (χ0n) is 12.0. The first-order valence-corrected chi connectivity index (χ1v) is 7.08. The summed E-state index contributed by atoms with van der Waals surface area (Å²) in [6.07, 6.45) is 1.32. The van der Waals surface area contributed by atoms with Crippen LogP contribution in [0, 0.1) is 11.3 Å². The van der Waals surface area contributed by atoms with Crippen LogP contribution in [0.15, 0.2) is 48.5 Å². The highest BCUT2D eigenvalue weighted by Crippen LogP contribution is 2.44. The van der Waals surface area contributed by atoms with Crippen LogP contribution >= 0.6 is 0 Å². The maximum absolute atomic E-state index is 9.11. The summed E-state index contributed by atoms with van der Waals surface area (Å²) in [5.41, 5.74) is 2.23. The van der Waals surface area contributed by atoms with Crippen molar-refractivity contribution < 1.29 is 9.47 Å². The van der Waals surface area contributed by atoms with Crippen LogP contribution in [-0.2, 0) is 0 Å². The Morgan fingerprint density at radius 2 is 2.05 bits per heavy atom. The number of ether oxygens (including phenoxy) is 2. The van der Waals surface area contributed by atoms with Crippen molar-refractivity contribution in [3.8, 4) is 17.6 Å². The number of nitrogens with zero attached hydrogens (tertiary/aromatic N) is 1. The molecule has 0 aromatic heterocycles. The van der Waals surface area contributed by atoms with Crippen molar-refractivity contribution in [3.05, 3.63) is 59.7 Å². The van der Waals surface area contributed by atoms with Crippen molar-refractivity contribution >= 4 is 0 Å². The van der Waals surface area contributed by atoms with Gasteiger partial charge in [0.05, 0.1) is 13.2 Å². The molecule has 3 heteroatoms. The topological polar surface area (TPSA) is 42.2 Å². The Kier molecular flexibility index (Phi) is 3.79. The van der Waals surface area contributed by atoms with Gasteiger partial charge in [0.15, 0.2) is 0 Å². The number of rotatable bonds is 3. The molecule has 3 nitrogen and oxygen atoms in total. The lowest BCUT2D eigenvalue weighted by Crippen LogP contribution is -2.19. The van der Waals surface area contributed by atoms with E-state index in [9.17, 15) is 0 Å². The van der Waals surface area contributed by atoms with E-state index in [0.29, 0.717) is 6.42 Å². The van der Waals surface area contributed by atoms with Crippen LogP contribution in [-0.4, -0.2) is 7.11 Å². The van der Waals surface area contributed by atoms with E-state index in [0.717, 1.165) is 29.0 Å². The van der Waals surface area contributed by atoms with Gasteiger partial charge in [-0.25, -0.2) is 0 Å². The minimum atomic E-state index is 0.00504. The van der Waals surface area contributed by atoms with Crippen molar-refractivity contribution in [2.24, 2.45) is 0 Å². The summed E-state index contributed by atoms with van der Waals surface area (Å²) < 4.78 is 11.4. The van der Waals surface area contributed by atoms with Crippen molar-refractivity contribution in [1.29, 1.82) is 5.26 Å². The summed E-state index contributed by atoms with van der Waals surface area (Å²) in [7, 11) is 1.65. The van der Waals surface area contributed by atoms with Crippen molar-refractivity contribution in [2.45, 2.75) is 24.9 Å². The summed E-state index contributed by atoms with van der Waals surface area (Å²) in [6.45, 7) is 0. The number of hydrogen-bond acceptors (Lipinski definition) is 3. The first kappa shape index (κ1) is 13.5. The molecule has 3 rings (SSSR count). The number of methoxy groups -OCH3 is 1. The second-order valence-electron chi connectivity index (χ2n) is 5.22. The summed E-state index contributed by atoms with van der Waals surface area (Å²) >= 11 is 0. The summed E-state index contributed by atoms with van der Waals surface area (Å²) in [5.74, 6) is 1.84. The third kappa shape index (κ3) is 2.71. The van der Waals surface area contributed by atoms with Gasteiger partial charge in [0.25, 0.3) is 0 Å². The first-order valence-electron chi connectivity index (χ1n) is 7.08. The largest absolute Gasteiger partial charge is 0.497 e. The highest BCUT2D eigenvalue weighted by atomic mass is 16.5. The molecular weight excluding hydrogens is 262 g/mol. The number of nitriles is 1. The summed E-state index contributed by atoms with van der Waals surface area (Å²) in [4.78, 5) is 0. The van der Waals surface area contributed by atoms with Crippen LogP contribution in [0.4, 0.5) is 0 Å². The Balaban J connectivity index is 1.96. The minimum absolute atomic E-state index is 0.00504. The fourth-order valence-electron chi connectivity index (χ4n) is 2.84. The molecular formula is C18H17NO2. The van der Waals surface area contributed by atoms with Crippen LogP contribution in [0.25, 0.3) is 0 Å². The molecule has 2 aromatic carbocycles. The number of benzene rings is 2. The lowest BCUT2D eigenvalue weighted by molar-refractivity contribution is 0.160. The third-order valence-electron chi connectivity index (χ3n) is 3.93. The second kappa shape index (κ2) is 5.88. The fraction of sp³-hybridized carbons (Fsp3) is 0.278. The van der Waals surface area contributed by atoms with Gasteiger partial charge in [0.1, 0.15) is 17.6 Å². The molecule has 1 aliphatic rings. The Bertz CT molecular complexity index is 661. The molecule has 0 bridgehead atoms. The lowest BCUT2D eigenvalue weighted by Gasteiger charge is -2.31. The highest BCUT2D eigenvalue weighted by Gasteiger charge is 2.29. The molecule has 1 heterocycles. The Labute approximate surface area is 124 Å². The second-order valence-corrected chi connectivity index (χ2v) is 5.22. The van der Waals surface area contributed by atoms with Gasteiger partial charge in [-0.15, -0.1) is 0 Å².